The highest BCUT2D eigenvalue weighted by atomic mass is 32.1. The maximum absolute atomic E-state index is 9.41. The zero-order chi connectivity index (χ0) is 17.1. The summed E-state index contributed by atoms with van der Waals surface area (Å²) in [6.07, 6.45) is 4.48. The lowest BCUT2D eigenvalue weighted by Crippen LogP contribution is -2.17. The fourth-order valence-electron chi connectivity index (χ4n) is 3.51. The molecule has 1 saturated heterocycles. The number of aliphatic hydroxyl groups excluding tert-OH is 1. The Morgan fingerprint density at radius 3 is 2.68 bits per heavy atom. The highest BCUT2D eigenvalue weighted by Crippen LogP contribution is 2.35. The average molecular weight is 353 g/mol. The van der Waals surface area contributed by atoms with Crippen molar-refractivity contribution in [1.29, 1.82) is 0 Å². The molecule has 1 aliphatic rings. The highest BCUT2D eigenvalue weighted by molar-refractivity contribution is 7.13. The summed E-state index contributed by atoms with van der Waals surface area (Å²) in [6.45, 7) is 4.13. The Labute approximate surface area is 152 Å². The number of aliphatic hydroxyl groups is 1. The summed E-state index contributed by atoms with van der Waals surface area (Å²) in [5.41, 5.74) is 4.59. The van der Waals surface area contributed by atoms with Gasteiger partial charge in [-0.1, -0.05) is 30.3 Å². The molecule has 3 aromatic rings. The van der Waals surface area contributed by atoms with Crippen LogP contribution in [0.2, 0.25) is 0 Å². The quantitative estimate of drug-likeness (QED) is 0.731. The standard InChI is InChI=1S/C20H23N3OS/c24-11-10-23-15-21-19(17-6-2-1-3-7-17)20(23)18-12-16(14-25-18)13-22-8-4-5-9-22/h1-3,6-7,12,14-15,24H,4-5,8-11,13H2. The molecule has 5 heteroatoms. The number of benzene rings is 1. The molecular weight excluding hydrogens is 330 g/mol. The van der Waals surface area contributed by atoms with E-state index in [1.54, 1.807) is 11.3 Å². The number of rotatable bonds is 6. The zero-order valence-corrected chi connectivity index (χ0v) is 15.1. The van der Waals surface area contributed by atoms with Crippen molar-refractivity contribution < 1.29 is 5.11 Å². The van der Waals surface area contributed by atoms with Crippen molar-refractivity contribution in [1.82, 2.24) is 14.5 Å². The van der Waals surface area contributed by atoms with Crippen LogP contribution >= 0.6 is 11.3 Å². The Balaban J connectivity index is 1.68. The van der Waals surface area contributed by atoms with Gasteiger partial charge in [0, 0.05) is 18.7 Å². The van der Waals surface area contributed by atoms with Crippen molar-refractivity contribution in [2.75, 3.05) is 19.7 Å². The third-order valence-electron chi connectivity index (χ3n) is 4.72. The second-order valence-corrected chi connectivity index (χ2v) is 7.44. The first-order valence-electron chi connectivity index (χ1n) is 8.86. The molecule has 4 rings (SSSR count). The van der Waals surface area contributed by atoms with Gasteiger partial charge >= 0.3 is 0 Å². The van der Waals surface area contributed by atoms with Crippen LogP contribution in [0, 0.1) is 0 Å². The van der Waals surface area contributed by atoms with E-state index in [-0.39, 0.29) is 6.61 Å². The Kier molecular flexibility index (Phi) is 4.97. The van der Waals surface area contributed by atoms with Gasteiger partial charge in [-0.05, 0) is 42.9 Å². The largest absolute Gasteiger partial charge is 0.395 e. The van der Waals surface area contributed by atoms with Crippen LogP contribution in [-0.4, -0.2) is 39.3 Å². The lowest BCUT2D eigenvalue weighted by Gasteiger charge is -2.12. The van der Waals surface area contributed by atoms with Crippen LogP contribution in [0.25, 0.3) is 21.8 Å². The number of hydrogen-bond acceptors (Lipinski definition) is 4. The number of nitrogens with zero attached hydrogens (tertiary/aromatic N) is 3. The van der Waals surface area contributed by atoms with Crippen LogP contribution in [0.15, 0.2) is 48.1 Å². The van der Waals surface area contributed by atoms with Crippen LogP contribution in [0.4, 0.5) is 0 Å². The SMILES string of the molecule is OCCn1cnc(-c2ccccc2)c1-c1cc(CN2CCCC2)cs1. The number of imidazole rings is 1. The fraction of sp³-hybridized carbons (Fsp3) is 0.350. The van der Waals surface area contributed by atoms with Crippen LogP contribution in [-0.2, 0) is 13.1 Å². The van der Waals surface area contributed by atoms with Crippen molar-refractivity contribution in [3.8, 4) is 21.8 Å². The smallest absolute Gasteiger partial charge is 0.0971 e. The van der Waals surface area contributed by atoms with Crippen molar-refractivity contribution >= 4 is 11.3 Å². The molecule has 0 amide bonds. The topological polar surface area (TPSA) is 41.3 Å². The Morgan fingerprint density at radius 2 is 1.92 bits per heavy atom. The second kappa shape index (κ2) is 7.52. The molecule has 25 heavy (non-hydrogen) atoms. The van der Waals surface area contributed by atoms with Gasteiger partial charge in [-0.3, -0.25) is 4.90 Å². The molecule has 3 heterocycles. The molecule has 1 aliphatic heterocycles. The predicted octanol–water partition coefficient (Wildman–Crippen LogP) is 3.87. The first-order valence-corrected chi connectivity index (χ1v) is 9.74. The van der Waals surface area contributed by atoms with Gasteiger partial charge in [0.15, 0.2) is 0 Å². The third kappa shape index (κ3) is 3.54. The Morgan fingerprint density at radius 1 is 1.12 bits per heavy atom. The molecule has 1 fully saturated rings. The summed E-state index contributed by atoms with van der Waals surface area (Å²) < 4.78 is 2.06. The lowest BCUT2D eigenvalue weighted by molar-refractivity contribution is 0.276. The maximum atomic E-state index is 9.41. The number of aromatic nitrogens is 2. The summed E-state index contributed by atoms with van der Waals surface area (Å²) in [7, 11) is 0. The summed E-state index contributed by atoms with van der Waals surface area (Å²) in [5.74, 6) is 0. The van der Waals surface area contributed by atoms with Gasteiger partial charge in [0.2, 0.25) is 0 Å². The van der Waals surface area contributed by atoms with E-state index in [0.717, 1.165) is 23.5 Å². The summed E-state index contributed by atoms with van der Waals surface area (Å²) in [4.78, 5) is 8.39. The van der Waals surface area contributed by atoms with Gasteiger partial charge in [-0.25, -0.2) is 4.98 Å². The van der Waals surface area contributed by atoms with E-state index in [0.29, 0.717) is 6.54 Å². The van der Waals surface area contributed by atoms with Gasteiger partial charge in [0.05, 0.1) is 29.2 Å². The molecule has 0 bridgehead atoms. The molecule has 0 unspecified atom stereocenters. The molecule has 0 spiro atoms. The minimum atomic E-state index is 0.115. The summed E-state index contributed by atoms with van der Waals surface area (Å²) in [5, 5.41) is 11.7. The molecule has 0 atom stereocenters. The van der Waals surface area contributed by atoms with E-state index in [4.69, 9.17) is 0 Å². The van der Waals surface area contributed by atoms with E-state index in [1.807, 2.05) is 24.5 Å². The molecular formula is C20H23N3OS. The molecule has 0 radical (unpaired) electrons. The van der Waals surface area contributed by atoms with E-state index < -0.39 is 0 Å². The molecule has 1 N–H and O–H groups in total. The fourth-order valence-corrected chi connectivity index (χ4v) is 4.47. The van der Waals surface area contributed by atoms with Crippen molar-refractivity contribution in [2.45, 2.75) is 25.9 Å². The molecule has 0 aliphatic carbocycles. The van der Waals surface area contributed by atoms with Crippen LogP contribution < -0.4 is 0 Å². The second-order valence-electron chi connectivity index (χ2n) is 6.53. The van der Waals surface area contributed by atoms with Gasteiger partial charge in [-0.2, -0.15) is 0 Å². The number of hydrogen-bond donors (Lipinski definition) is 1. The molecule has 0 saturated carbocycles. The molecule has 130 valence electrons. The van der Waals surface area contributed by atoms with Gasteiger partial charge in [0.25, 0.3) is 0 Å². The predicted molar refractivity (Wildman–Crippen MR) is 103 cm³/mol. The van der Waals surface area contributed by atoms with Crippen LogP contribution in [0.5, 0.6) is 0 Å². The minimum absolute atomic E-state index is 0.115. The lowest BCUT2D eigenvalue weighted by atomic mass is 10.1. The summed E-state index contributed by atoms with van der Waals surface area (Å²) in [6, 6.07) is 12.6. The highest BCUT2D eigenvalue weighted by Gasteiger charge is 2.18. The molecule has 2 aromatic heterocycles. The molecule has 4 nitrogen and oxygen atoms in total. The number of likely N-dealkylation sites (tertiary alicyclic amines) is 1. The van der Waals surface area contributed by atoms with Crippen LogP contribution in [0.1, 0.15) is 18.4 Å². The Hall–Kier alpha value is -1.95. The van der Waals surface area contributed by atoms with E-state index >= 15 is 0 Å². The minimum Gasteiger partial charge on any atom is -0.395 e. The van der Waals surface area contributed by atoms with E-state index in [1.165, 1.54) is 36.4 Å². The monoisotopic (exact) mass is 353 g/mol. The van der Waals surface area contributed by atoms with Crippen molar-refractivity contribution in [3.63, 3.8) is 0 Å². The van der Waals surface area contributed by atoms with Gasteiger partial charge < -0.3 is 9.67 Å². The first-order chi connectivity index (χ1) is 12.3. The van der Waals surface area contributed by atoms with Crippen LogP contribution in [0.3, 0.4) is 0 Å². The van der Waals surface area contributed by atoms with Gasteiger partial charge in [-0.15, -0.1) is 11.3 Å². The van der Waals surface area contributed by atoms with Crippen molar-refractivity contribution in [2.24, 2.45) is 0 Å². The first kappa shape index (κ1) is 16.5. The zero-order valence-electron chi connectivity index (χ0n) is 14.3. The van der Waals surface area contributed by atoms with E-state index in [9.17, 15) is 5.11 Å². The Bertz CT molecular complexity index is 819. The number of thiophene rings is 1. The van der Waals surface area contributed by atoms with Crippen molar-refractivity contribution in [3.05, 3.63) is 53.7 Å². The molecule has 1 aromatic carbocycles. The van der Waals surface area contributed by atoms with Gasteiger partial charge in [0.1, 0.15) is 0 Å². The normalized spacial score (nSPS) is 15.1. The maximum Gasteiger partial charge on any atom is 0.0971 e. The third-order valence-corrected chi connectivity index (χ3v) is 5.70. The summed E-state index contributed by atoms with van der Waals surface area (Å²) >= 11 is 1.77. The average Bonchev–Trinajstić information content (AvgIpc) is 3.37. The van der Waals surface area contributed by atoms with E-state index in [2.05, 4.69) is 38.0 Å².